The molecule has 4 saturated carbocycles. The fourth-order valence-electron chi connectivity index (χ4n) is 14.0. The van der Waals surface area contributed by atoms with Gasteiger partial charge < -0.3 is 0 Å². The van der Waals surface area contributed by atoms with Crippen molar-refractivity contribution in [1.82, 2.24) is 28.2 Å². The fraction of sp³-hybridized carbons (Fsp3) is 0.345. The van der Waals surface area contributed by atoms with Gasteiger partial charge in [-0.3, -0.25) is 0 Å². The Bertz CT molecular complexity index is 3750. The number of sulfonamides is 2. The standard InChI is InChI=1S/C58H54F2N6O4S2/c1-35-21-53-40(27-61-65(53)44-17-15-43(59)16-18-44)24-48(35)58-34-64(30-51(58)56(58)39-11-7-4-8-12-39)72(69,70)32-42-23-46(42)47-26-45(19-20-52(47)60)66-54-22-36(2)49(25-41(54)28-62-66)57-33-63(71(67,68)31-37-13-14-37)29-50(57)55(57)38-9-5-3-6-10-38/h3-12,15-22,24-28,37,42,46,50-51,55-56H,13-14,23,29-34H2,1-2H3/t42?,46?,50-,51+,55-,56+,57+,58-/m0/s1. The van der Waals surface area contributed by atoms with E-state index < -0.39 is 25.5 Å². The van der Waals surface area contributed by atoms with Crippen LogP contribution in [0, 0.1) is 49.2 Å². The normalized spacial score (nSPS) is 27.9. The van der Waals surface area contributed by atoms with Crippen LogP contribution in [0.1, 0.15) is 76.0 Å². The van der Waals surface area contributed by atoms with Crippen molar-refractivity contribution in [3.05, 3.63) is 190 Å². The highest BCUT2D eigenvalue weighted by molar-refractivity contribution is 7.89. The summed E-state index contributed by atoms with van der Waals surface area (Å²) in [7, 11) is -7.09. The lowest BCUT2D eigenvalue weighted by Gasteiger charge is -2.25. The van der Waals surface area contributed by atoms with Crippen molar-refractivity contribution in [3.8, 4) is 11.4 Å². The van der Waals surface area contributed by atoms with E-state index in [1.165, 1.54) is 29.3 Å². The van der Waals surface area contributed by atoms with E-state index in [4.69, 9.17) is 5.10 Å². The second-order valence-electron chi connectivity index (χ2n) is 22.0. The van der Waals surface area contributed by atoms with Crippen molar-refractivity contribution in [2.24, 2.45) is 23.7 Å². The van der Waals surface area contributed by atoms with Gasteiger partial charge in [0, 0.05) is 59.6 Å². The molecular formula is C58H54F2N6O4S2. The summed E-state index contributed by atoms with van der Waals surface area (Å²) in [5.41, 5.74) is 9.80. The van der Waals surface area contributed by atoms with Crippen LogP contribution in [-0.4, -0.2) is 82.7 Å². The number of hydrogen-bond acceptors (Lipinski definition) is 6. The quantitative estimate of drug-likeness (QED) is 0.114. The number of aryl methyl sites for hydroxylation is 2. The van der Waals surface area contributed by atoms with E-state index in [0.29, 0.717) is 43.9 Å². The van der Waals surface area contributed by atoms with Gasteiger partial charge in [0.25, 0.3) is 0 Å². The smallest absolute Gasteiger partial charge is 0.214 e. The zero-order chi connectivity index (χ0) is 49.1. The monoisotopic (exact) mass is 1000 g/mol. The van der Waals surface area contributed by atoms with Crippen LogP contribution in [0.25, 0.3) is 33.2 Å². The number of benzene rings is 6. The molecule has 6 aliphatic rings. The van der Waals surface area contributed by atoms with E-state index in [1.807, 2.05) is 52.1 Å². The van der Waals surface area contributed by atoms with E-state index in [9.17, 15) is 21.2 Å². The van der Waals surface area contributed by atoms with Crippen molar-refractivity contribution in [3.63, 3.8) is 0 Å². The molecule has 2 unspecified atom stereocenters. The zero-order valence-corrected chi connectivity index (χ0v) is 41.7. The molecule has 0 amide bonds. The number of nitrogens with zero attached hydrogens (tertiary/aromatic N) is 6. The molecular weight excluding hydrogens is 947 g/mol. The molecule has 0 radical (unpaired) electrons. The molecule has 8 atom stereocenters. The molecule has 0 spiro atoms. The molecule has 14 heteroatoms. The highest BCUT2D eigenvalue weighted by Crippen LogP contribution is 2.71. The predicted molar refractivity (Wildman–Crippen MR) is 275 cm³/mol. The van der Waals surface area contributed by atoms with Crippen LogP contribution in [-0.2, 0) is 30.9 Å². The summed E-state index contributed by atoms with van der Waals surface area (Å²) in [5, 5.41) is 11.4. The molecule has 4 aliphatic carbocycles. The Balaban J connectivity index is 0.720. The molecule has 366 valence electrons. The third kappa shape index (κ3) is 6.88. The van der Waals surface area contributed by atoms with Crippen molar-refractivity contribution < 1.29 is 25.6 Å². The minimum Gasteiger partial charge on any atom is -0.233 e. The van der Waals surface area contributed by atoms with Crippen molar-refractivity contribution >= 4 is 41.9 Å². The number of fused-ring (bicyclic) bond motifs is 4. The summed E-state index contributed by atoms with van der Waals surface area (Å²) in [4.78, 5) is 0. The first-order valence-corrected chi connectivity index (χ1v) is 28.5. The van der Waals surface area contributed by atoms with Crippen molar-refractivity contribution in [2.75, 3.05) is 37.7 Å². The van der Waals surface area contributed by atoms with Gasteiger partial charge in [0.15, 0.2) is 0 Å². The SMILES string of the molecule is Cc1cc2c(cnn2-c2ccc(F)cc2)cc1[C@@]12CN(S(=O)(=O)CC3CC3c3cc(-n4ncc5cc([C@]67CN(S(=O)(=O)CC8CC8)C[C@H]6[C@@H]7c6ccccc6)c(C)cc54)ccc3F)C[C@@H]1[C@H]2c1ccccc1. The lowest BCUT2D eigenvalue weighted by Crippen LogP contribution is -2.36. The Morgan fingerprint density at radius 2 is 1.10 bits per heavy atom. The highest BCUT2D eigenvalue weighted by Gasteiger charge is 2.73. The Labute approximate surface area is 418 Å². The van der Waals surface area contributed by atoms with Gasteiger partial charge in [-0.2, -0.15) is 10.2 Å². The second kappa shape index (κ2) is 15.7. The Morgan fingerprint density at radius 3 is 1.62 bits per heavy atom. The van der Waals surface area contributed by atoms with Gasteiger partial charge in [0.2, 0.25) is 20.0 Å². The number of piperidine rings is 2. The van der Waals surface area contributed by atoms with Crippen LogP contribution in [0.4, 0.5) is 8.78 Å². The first kappa shape index (κ1) is 44.6. The molecule has 72 heavy (non-hydrogen) atoms. The molecule has 2 aliphatic heterocycles. The molecule has 4 heterocycles. The maximum Gasteiger partial charge on any atom is 0.214 e. The van der Waals surface area contributed by atoms with Gasteiger partial charge in [-0.25, -0.2) is 43.6 Å². The highest BCUT2D eigenvalue weighted by atomic mass is 32.2. The minimum absolute atomic E-state index is 0.0543. The van der Waals surface area contributed by atoms with Crippen LogP contribution in [0.2, 0.25) is 0 Å². The Kier molecular flexibility index (Phi) is 9.75. The van der Waals surface area contributed by atoms with Gasteiger partial charge in [-0.1, -0.05) is 60.7 Å². The molecule has 6 fully saturated rings. The third-order valence-corrected chi connectivity index (χ3v) is 21.7. The summed E-state index contributed by atoms with van der Waals surface area (Å²) in [6, 6.07) is 40.8. The van der Waals surface area contributed by atoms with Crippen molar-refractivity contribution in [2.45, 2.75) is 61.7 Å². The summed E-state index contributed by atoms with van der Waals surface area (Å²) >= 11 is 0. The average Bonchev–Trinajstić information content (AvgIpc) is 4.35. The largest absolute Gasteiger partial charge is 0.233 e. The van der Waals surface area contributed by atoms with Crippen LogP contribution >= 0.6 is 0 Å². The number of hydrogen-bond donors (Lipinski definition) is 0. The van der Waals surface area contributed by atoms with E-state index in [0.717, 1.165) is 62.6 Å². The van der Waals surface area contributed by atoms with Crippen LogP contribution in [0.5, 0.6) is 0 Å². The topological polar surface area (TPSA) is 110 Å². The molecule has 10 nitrogen and oxygen atoms in total. The number of halogens is 2. The van der Waals surface area contributed by atoms with Gasteiger partial charge in [0.05, 0.1) is 46.3 Å². The third-order valence-electron chi connectivity index (χ3n) is 17.8. The predicted octanol–water partition coefficient (Wildman–Crippen LogP) is 10.1. The summed E-state index contributed by atoms with van der Waals surface area (Å²) < 4.78 is 93.2. The van der Waals surface area contributed by atoms with E-state index >= 15 is 4.39 Å². The summed E-state index contributed by atoms with van der Waals surface area (Å²) in [5.74, 6) is -0.0671. The average molecular weight is 1000 g/mol. The van der Waals surface area contributed by atoms with Crippen LogP contribution in [0.3, 0.4) is 0 Å². The maximum atomic E-state index is 15.9. The van der Waals surface area contributed by atoms with Gasteiger partial charge in [0.1, 0.15) is 11.6 Å². The Hall–Kier alpha value is -6.06. The molecule has 14 rings (SSSR count). The molecule has 0 bridgehead atoms. The number of rotatable bonds is 13. The van der Waals surface area contributed by atoms with Crippen LogP contribution in [0.15, 0.2) is 140 Å². The lowest BCUT2D eigenvalue weighted by molar-refractivity contribution is 0.419. The van der Waals surface area contributed by atoms with Gasteiger partial charge in [-0.05, 0) is 168 Å². The van der Waals surface area contributed by atoms with Crippen LogP contribution < -0.4 is 0 Å². The van der Waals surface area contributed by atoms with Gasteiger partial charge in [-0.15, -0.1) is 0 Å². The Morgan fingerprint density at radius 1 is 0.597 bits per heavy atom. The first-order valence-electron chi connectivity index (χ1n) is 25.3. The molecule has 8 aromatic rings. The second-order valence-corrected chi connectivity index (χ2v) is 26.0. The molecule has 2 aromatic heterocycles. The summed E-state index contributed by atoms with van der Waals surface area (Å²) in [6.07, 6.45) is 6.21. The van der Waals surface area contributed by atoms with E-state index in [-0.39, 0.29) is 70.0 Å². The zero-order valence-electron chi connectivity index (χ0n) is 40.1. The number of aromatic nitrogens is 4. The molecule has 2 saturated heterocycles. The minimum atomic E-state index is -3.72. The molecule has 6 aromatic carbocycles. The summed E-state index contributed by atoms with van der Waals surface area (Å²) in [6.45, 7) is 5.94. The lowest BCUT2D eigenvalue weighted by atomic mass is 9.87. The van der Waals surface area contributed by atoms with E-state index in [1.54, 1.807) is 26.8 Å². The van der Waals surface area contributed by atoms with Crippen molar-refractivity contribution in [1.29, 1.82) is 0 Å². The van der Waals surface area contributed by atoms with E-state index in [2.05, 4.69) is 79.6 Å². The fourth-order valence-corrected chi connectivity index (χ4v) is 17.9. The van der Waals surface area contributed by atoms with Gasteiger partial charge >= 0.3 is 0 Å². The first-order chi connectivity index (χ1) is 34.7. The molecule has 0 N–H and O–H groups in total. The maximum absolute atomic E-state index is 15.9.